The molecule has 5 heteroatoms. The van der Waals surface area contributed by atoms with Crippen molar-refractivity contribution in [2.24, 2.45) is 0 Å². The van der Waals surface area contributed by atoms with Gasteiger partial charge in [-0.15, -0.1) is 0 Å². The van der Waals surface area contributed by atoms with Gasteiger partial charge in [0.1, 0.15) is 5.82 Å². The van der Waals surface area contributed by atoms with Crippen LogP contribution in [0.15, 0.2) is 24.5 Å². The lowest BCUT2D eigenvalue weighted by Gasteiger charge is -2.30. The number of nitrogens with zero attached hydrogens (tertiary/aromatic N) is 3. The van der Waals surface area contributed by atoms with Gasteiger partial charge in [0.15, 0.2) is 0 Å². The number of rotatable bonds is 3. The minimum atomic E-state index is -0.900. The number of aromatic carboxylic acids is 1. The van der Waals surface area contributed by atoms with Gasteiger partial charge in [0.25, 0.3) is 0 Å². The third-order valence-corrected chi connectivity index (χ3v) is 4.23. The van der Waals surface area contributed by atoms with E-state index in [-0.39, 0.29) is 0 Å². The largest absolute Gasteiger partial charge is 0.478 e. The summed E-state index contributed by atoms with van der Waals surface area (Å²) in [6.07, 6.45) is 5.77. The molecule has 0 atom stereocenters. The van der Waals surface area contributed by atoms with Crippen LogP contribution in [0.2, 0.25) is 0 Å². The quantitative estimate of drug-likeness (QED) is 0.931. The highest BCUT2D eigenvalue weighted by Gasteiger charge is 2.23. The first kappa shape index (κ1) is 13.1. The van der Waals surface area contributed by atoms with Crippen LogP contribution < -0.4 is 0 Å². The van der Waals surface area contributed by atoms with Crippen LogP contribution in [0.5, 0.6) is 0 Å². The molecule has 20 heavy (non-hydrogen) atoms. The molecule has 3 heterocycles. The highest BCUT2D eigenvalue weighted by Crippen LogP contribution is 2.28. The number of fused-ring (bicyclic) bond motifs is 1. The van der Waals surface area contributed by atoms with E-state index in [2.05, 4.69) is 16.8 Å². The molecule has 0 aliphatic carbocycles. The number of likely N-dealkylation sites (tertiary alicyclic amines) is 1. The molecule has 1 saturated heterocycles. The Bertz CT molecular complexity index is 627. The number of aromatic nitrogens is 2. The summed E-state index contributed by atoms with van der Waals surface area (Å²) in [5.41, 5.74) is 1.00. The molecule has 3 rings (SSSR count). The van der Waals surface area contributed by atoms with Crippen molar-refractivity contribution in [1.82, 2.24) is 14.3 Å². The van der Waals surface area contributed by atoms with Crippen molar-refractivity contribution in [2.75, 3.05) is 19.6 Å². The van der Waals surface area contributed by atoms with Gasteiger partial charge < -0.3 is 14.4 Å². The van der Waals surface area contributed by atoms with Gasteiger partial charge in [0, 0.05) is 12.1 Å². The van der Waals surface area contributed by atoms with Crippen LogP contribution in [0.3, 0.4) is 0 Å². The number of carbonyl (C=O) groups is 1. The van der Waals surface area contributed by atoms with Crippen molar-refractivity contribution in [3.8, 4) is 0 Å². The molecule has 0 bridgehead atoms. The van der Waals surface area contributed by atoms with Crippen LogP contribution in [0.25, 0.3) is 5.52 Å². The number of hydrogen-bond donors (Lipinski definition) is 1. The fraction of sp³-hybridized carbons (Fsp3) is 0.467. The fourth-order valence-electron chi connectivity index (χ4n) is 3.03. The van der Waals surface area contributed by atoms with Crippen LogP contribution in [-0.2, 0) is 0 Å². The summed E-state index contributed by atoms with van der Waals surface area (Å²) < 4.78 is 1.94. The maximum atomic E-state index is 11.2. The monoisotopic (exact) mass is 273 g/mol. The fourth-order valence-corrected chi connectivity index (χ4v) is 3.03. The molecule has 1 N–H and O–H groups in total. The summed E-state index contributed by atoms with van der Waals surface area (Å²) >= 11 is 0. The highest BCUT2D eigenvalue weighted by molar-refractivity contribution is 5.95. The van der Waals surface area contributed by atoms with E-state index >= 15 is 0 Å². The summed E-state index contributed by atoms with van der Waals surface area (Å²) in [6.45, 7) is 5.46. The molecule has 106 valence electrons. The van der Waals surface area contributed by atoms with E-state index < -0.39 is 5.97 Å². The molecule has 2 aromatic heterocycles. The Morgan fingerprint density at radius 3 is 2.85 bits per heavy atom. The molecule has 0 amide bonds. The van der Waals surface area contributed by atoms with Crippen LogP contribution in [0, 0.1) is 0 Å². The SMILES string of the molecule is CCN1CCC(c2ncc3c(C(=O)O)cccn23)CC1. The second-order valence-corrected chi connectivity index (χ2v) is 5.31. The zero-order valence-corrected chi connectivity index (χ0v) is 11.6. The van der Waals surface area contributed by atoms with Crippen LogP contribution in [-0.4, -0.2) is 45.0 Å². The van der Waals surface area contributed by atoms with E-state index in [1.54, 1.807) is 18.3 Å². The van der Waals surface area contributed by atoms with Crippen molar-refractivity contribution in [1.29, 1.82) is 0 Å². The maximum Gasteiger partial charge on any atom is 0.337 e. The molecular formula is C15H19N3O2. The minimum Gasteiger partial charge on any atom is -0.478 e. The average Bonchev–Trinajstić information content (AvgIpc) is 2.91. The summed E-state index contributed by atoms with van der Waals surface area (Å²) in [7, 11) is 0. The summed E-state index contributed by atoms with van der Waals surface area (Å²) in [5, 5.41) is 9.22. The van der Waals surface area contributed by atoms with Gasteiger partial charge in [-0.1, -0.05) is 6.92 Å². The molecule has 1 fully saturated rings. The Morgan fingerprint density at radius 2 is 2.20 bits per heavy atom. The maximum absolute atomic E-state index is 11.2. The molecule has 0 spiro atoms. The van der Waals surface area contributed by atoms with Gasteiger partial charge in [-0.05, 0) is 44.6 Å². The molecule has 1 aliphatic heterocycles. The van der Waals surface area contributed by atoms with Crippen molar-refractivity contribution in [2.45, 2.75) is 25.7 Å². The van der Waals surface area contributed by atoms with Gasteiger partial charge >= 0.3 is 5.97 Å². The molecule has 5 nitrogen and oxygen atoms in total. The van der Waals surface area contributed by atoms with E-state index in [1.165, 1.54) is 0 Å². The molecule has 0 radical (unpaired) electrons. The van der Waals surface area contributed by atoms with Gasteiger partial charge in [-0.25, -0.2) is 9.78 Å². The average molecular weight is 273 g/mol. The van der Waals surface area contributed by atoms with Gasteiger partial charge in [-0.2, -0.15) is 0 Å². The zero-order valence-electron chi connectivity index (χ0n) is 11.6. The zero-order chi connectivity index (χ0) is 14.1. The number of carboxylic acid groups (broad SMARTS) is 1. The Kier molecular flexibility index (Phi) is 3.44. The van der Waals surface area contributed by atoms with E-state index in [4.69, 9.17) is 0 Å². The molecule has 0 saturated carbocycles. The second kappa shape index (κ2) is 5.25. The van der Waals surface area contributed by atoms with Crippen molar-refractivity contribution in [3.63, 3.8) is 0 Å². The second-order valence-electron chi connectivity index (χ2n) is 5.31. The van der Waals surface area contributed by atoms with E-state index in [0.717, 1.165) is 38.3 Å². The number of hydrogen-bond acceptors (Lipinski definition) is 3. The van der Waals surface area contributed by atoms with Crippen molar-refractivity contribution >= 4 is 11.5 Å². The Morgan fingerprint density at radius 1 is 1.45 bits per heavy atom. The van der Waals surface area contributed by atoms with E-state index in [0.29, 0.717) is 17.0 Å². The molecule has 1 aliphatic rings. The lowest BCUT2D eigenvalue weighted by atomic mass is 9.96. The van der Waals surface area contributed by atoms with E-state index in [9.17, 15) is 9.90 Å². The van der Waals surface area contributed by atoms with Gasteiger partial charge in [-0.3, -0.25) is 0 Å². The number of pyridine rings is 1. The van der Waals surface area contributed by atoms with Gasteiger partial charge in [0.2, 0.25) is 0 Å². The standard InChI is InChI=1S/C15H19N3O2/c1-2-17-8-5-11(6-9-17)14-16-10-13-12(15(19)20)4-3-7-18(13)14/h3-4,7,10-11H,2,5-6,8-9H2,1H3,(H,19,20). The van der Waals surface area contributed by atoms with Crippen LogP contribution in [0.1, 0.15) is 41.9 Å². The molecular weight excluding hydrogens is 254 g/mol. The minimum absolute atomic E-state index is 0.317. The summed E-state index contributed by atoms with van der Waals surface area (Å²) in [5.74, 6) is 0.519. The van der Waals surface area contributed by atoms with Gasteiger partial charge in [0.05, 0.1) is 17.3 Å². The van der Waals surface area contributed by atoms with E-state index in [1.807, 2.05) is 10.6 Å². The van der Waals surface area contributed by atoms with Crippen LogP contribution in [0.4, 0.5) is 0 Å². The normalized spacial score (nSPS) is 17.6. The number of piperidine rings is 1. The highest BCUT2D eigenvalue weighted by atomic mass is 16.4. The third kappa shape index (κ3) is 2.18. The first-order valence-electron chi connectivity index (χ1n) is 7.12. The smallest absolute Gasteiger partial charge is 0.337 e. The predicted octanol–water partition coefficient (Wildman–Crippen LogP) is 2.23. The topological polar surface area (TPSA) is 57.8 Å². The Labute approximate surface area is 117 Å². The lowest BCUT2D eigenvalue weighted by Crippen LogP contribution is -2.33. The molecule has 2 aromatic rings. The lowest BCUT2D eigenvalue weighted by molar-refractivity contribution is 0.0698. The van der Waals surface area contributed by atoms with Crippen LogP contribution >= 0.6 is 0 Å². The summed E-state index contributed by atoms with van der Waals surface area (Å²) in [4.78, 5) is 18.2. The summed E-state index contributed by atoms with van der Waals surface area (Å²) in [6, 6.07) is 3.41. The Hall–Kier alpha value is -1.88. The first-order valence-corrected chi connectivity index (χ1v) is 7.12. The third-order valence-electron chi connectivity index (χ3n) is 4.23. The molecule has 0 unspecified atom stereocenters. The number of imidazole rings is 1. The molecule has 0 aromatic carbocycles. The van der Waals surface area contributed by atoms with Crippen molar-refractivity contribution in [3.05, 3.63) is 35.9 Å². The van der Waals surface area contributed by atoms with Crippen molar-refractivity contribution < 1.29 is 9.90 Å². The first-order chi connectivity index (χ1) is 9.70. The Balaban J connectivity index is 1.94. The number of carboxylic acids is 1. The predicted molar refractivity (Wildman–Crippen MR) is 76.2 cm³/mol.